The van der Waals surface area contributed by atoms with Crippen LogP contribution in [0.25, 0.3) is 0 Å². The lowest BCUT2D eigenvalue weighted by atomic mass is 10.1. The highest BCUT2D eigenvalue weighted by Crippen LogP contribution is 2.08. The molecular formula is C10H12F2O2. The van der Waals surface area contributed by atoms with Crippen LogP contribution in [-0.4, -0.2) is 0 Å². The van der Waals surface area contributed by atoms with Crippen LogP contribution >= 0.6 is 0 Å². The van der Waals surface area contributed by atoms with Crippen molar-refractivity contribution in [2.75, 3.05) is 0 Å². The maximum atomic E-state index is 12.7. The second-order valence-corrected chi connectivity index (χ2v) is 3.12. The predicted molar refractivity (Wildman–Crippen MR) is 48.1 cm³/mol. The molecule has 1 rings (SSSR count). The lowest BCUT2D eigenvalue weighted by Gasteiger charge is -1.99. The van der Waals surface area contributed by atoms with Crippen LogP contribution < -0.4 is 5.63 Å². The van der Waals surface area contributed by atoms with E-state index in [-0.39, 0.29) is 5.76 Å². The van der Waals surface area contributed by atoms with Gasteiger partial charge in [-0.25, -0.2) is 9.18 Å². The van der Waals surface area contributed by atoms with E-state index in [4.69, 9.17) is 0 Å². The van der Waals surface area contributed by atoms with Crippen LogP contribution in [0.5, 0.6) is 0 Å². The third-order valence-corrected chi connectivity index (χ3v) is 1.93. The van der Waals surface area contributed by atoms with Gasteiger partial charge in [0.2, 0.25) is 5.82 Å². The smallest absolute Gasteiger partial charge is 0.375 e. The van der Waals surface area contributed by atoms with Crippen LogP contribution in [0.15, 0.2) is 15.3 Å². The molecule has 0 saturated carbocycles. The molecule has 0 atom stereocenters. The zero-order valence-electron chi connectivity index (χ0n) is 7.98. The van der Waals surface area contributed by atoms with Crippen molar-refractivity contribution in [1.82, 2.24) is 0 Å². The van der Waals surface area contributed by atoms with Gasteiger partial charge in [0.25, 0.3) is 0 Å². The zero-order chi connectivity index (χ0) is 10.6. The van der Waals surface area contributed by atoms with Gasteiger partial charge in [0.15, 0.2) is 5.82 Å². The molecule has 1 heterocycles. The van der Waals surface area contributed by atoms with E-state index < -0.39 is 17.3 Å². The average Bonchev–Trinajstić information content (AvgIpc) is 2.14. The average molecular weight is 202 g/mol. The Kier molecular flexibility index (Phi) is 3.80. The van der Waals surface area contributed by atoms with Crippen LogP contribution in [0.1, 0.15) is 31.9 Å². The summed E-state index contributed by atoms with van der Waals surface area (Å²) >= 11 is 0. The first-order chi connectivity index (χ1) is 6.65. The molecule has 0 radical (unpaired) electrons. The highest BCUT2D eigenvalue weighted by molar-refractivity contribution is 5.04. The van der Waals surface area contributed by atoms with Gasteiger partial charge in [0.1, 0.15) is 5.76 Å². The second kappa shape index (κ2) is 4.88. The monoisotopic (exact) mass is 202 g/mol. The minimum absolute atomic E-state index is 0.211. The lowest BCUT2D eigenvalue weighted by Crippen LogP contribution is -2.09. The molecule has 0 aromatic carbocycles. The summed E-state index contributed by atoms with van der Waals surface area (Å²) in [5.74, 6) is -2.36. The SMILES string of the molecule is CCCCCc1cc(F)c(F)c(=O)o1. The molecule has 0 spiro atoms. The van der Waals surface area contributed by atoms with Crippen molar-refractivity contribution in [3.63, 3.8) is 0 Å². The first-order valence-corrected chi connectivity index (χ1v) is 4.63. The number of rotatable bonds is 4. The van der Waals surface area contributed by atoms with Gasteiger partial charge in [-0.3, -0.25) is 0 Å². The summed E-state index contributed by atoms with van der Waals surface area (Å²) in [6.07, 6.45) is 3.28. The Hall–Kier alpha value is -1.19. The molecule has 0 aliphatic heterocycles. The van der Waals surface area contributed by atoms with Crippen molar-refractivity contribution < 1.29 is 13.2 Å². The molecule has 1 aromatic heterocycles. The second-order valence-electron chi connectivity index (χ2n) is 3.12. The van der Waals surface area contributed by atoms with E-state index in [0.717, 1.165) is 25.3 Å². The van der Waals surface area contributed by atoms with E-state index in [1.807, 2.05) is 6.92 Å². The van der Waals surface area contributed by atoms with Crippen molar-refractivity contribution in [2.45, 2.75) is 32.6 Å². The largest absolute Gasteiger partial charge is 0.426 e. The Morgan fingerprint density at radius 3 is 2.64 bits per heavy atom. The van der Waals surface area contributed by atoms with Crippen LogP contribution in [0.2, 0.25) is 0 Å². The van der Waals surface area contributed by atoms with Crippen molar-refractivity contribution in [3.05, 3.63) is 33.9 Å². The summed E-state index contributed by atoms with van der Waals surface area (Å²) < 4.78 is 29.8. The first-order valence-electron chi connectivity index (χ1n) is 4.63. The summed E-state index contributed by atoms with van der Waals surface area (Å²) in [5, 5.41) is 0. The summed E-state index contributed by atoms with van der Waals surface area (Å²) in [4.78, 5) is 10.7. The minimum atomic E-state index is -1.44. The summed E-state index contributed by atoms with van der Waals surface area (Å²) in [5.41, 5.74) is -1.23. The molecule has 1 aromatic rings. The van der Waals surface area contributed by atoms with E-state index in [9.17, 15) is 13.6 Å². The molecule has 14 heavy (non-hydrogen) atoms. The van der Waals surface area contributed by atoms with Crippen LogP contribution in [0, 0.1) is 11.6 Å². The standard InChI is InChI=1S/C10H12F2O2/c1-2-3-4-5-7-6-8(11)9(12)10(13)14-7/h6H,2-5H2,1H3. The van der Waals surface area contributed by atoms with E-state index in [1.165, 1.54) is 0 Å². The fourth-order valence-electron chi connectivity index (χ4n) is 1.17. The van der Waals surface area contributed by atoms with Crippen LogP contribution in [0.3, 0.4) is 0 Å². The molecule has 78 valence electrons. The van der Waals surface area contributed by atoms with E-state index >= 15 is 0 Å². The molecule has 2 nitrogen and oxygen atoms in total. The maximum absolute atomic E-state index is 12.7. The van der Waals surface area contributed by atoms with Crippen molar-refractivity contribution in [2.24, 2.45) is 0 Å². The molecule has 4 heteroatoms. The fraction of sp³-hybridized carbons (Fsp3) is 0.500. The highest BCUT2D eigenvalue weighted by atomic mass is 19.2. The predicted octanol–water partition coefficient (Wildman–Crippen LogP) is 2.65. The Balaban J connectivity index is 2.75. The van der Waals surface area contributed by atoms with E-state index in [2.05, 4.69) is 4.42 Å². The number of halogens is 2. The van der Waals surface area contributed by atoms with Gasteiger partial charge < -0.3 is 4.42 Å². The quantitative estimate of drug-likeness (QED) is 0.702. The number of aryl methyl sites for hydroxylation is 1. The van der Waals surface area contributed by atoms with Gasteiger partial charge in [-0.15, -0.1) is 0 Å². The lowest BCUT2D eigenvalue weighted by molar-refractivity contribution is 0.379. The molecule has 0 aliphatic carbocycles. The molecule has 0 saturated heterocycles. The van der Waals surface area contributed by atoms with Gasteiger partial charge in [-0.05, 0) is 6.42 Å². The number of hydrogen-bond donors (Lipinski definition) is 0. The fourth-order valence-corrected chi connectivity index (χ4v) is 1.17. The molecule has 0 aliphatic rings. The number of hydrogen-bond acceptors (Lipinski definition) is 2. The van der Waals surface area contributed by atoms with E-state index in [0.29, 0.717) is 6.42 Å². The maximum Gasteiger partial charge on any atom is 0.375 e. The number of unbranched alkanes of at least 4 members (excludes halogenated alkanes) is 2. The van der Waals surface area contributed by atoms with E-state index in [1.54, 1.807) is 0 Å². The van der Waals surface area contributed by atoms with Gasteiger partial charge >= 0.3 is 5.63 Å². The molecular weight excluding hydrogens is 190 g/mol. The van der Waals surface area contributed by atoms with Crippen molar-refractivity contribution >= 4 is 0 Å². The minimum Gasteiger partial charge on any atom is -0.426 e. The third kappa shape index (κ3) is 2.65. The Labute approximate surface area is 80.6 Å². The normalized spacial score (nSPS) is 10.5. The Bertz CT molecular complexity index is 358. The zero-order valence-corrected chi connectivity index (χ0v) is 7.98. The Morgan fingerprint density at radius 2 is 2.07 bits per heavy atom. The summed E-state index contributed by atoms with van der Waals surface area (Å²) in [6, 6.07) is 0.937. The van der Waals surface area contributed by atoms with Crippen LogP contribution in [0.4, 0.5) is 8.78 Å². The summed E-state index contributed by atoms with van der Waals surface area (Å²) in [6.45, 7) is 2.03. The van der Waals surface area contributed by atoms with Crippen molar-refractivity contribution in [3.8, 4) is 0 Å². The first kappa shape index (κ1) is 10.9. The van der Waals surface area contributed by atoms with Crippen molar-refractivity contribution in [1.29, 1.82) is 0 Å². The summed E-state index contributed by atoms with van der Waals surface area (Å²) in [7, 11) is 0. The third-order valence-electron chi connectivity index (χ3n) is 1.93. The van der Waals surface area contributed by atoms with Gasteiger partial charge in [-0.1, -0.05) is 19.8 Å². The molecule has 0 amide bonds. The topological polar surface area (TPSA) is 30.2 Å². The molecule has 0 fully saturated rings. The van der Waals surface area contributed by atoms with Gasteiger partial charge in [-0.2, -0.15) is 4.39 Å². The molecule has 0 bridgehead atoms. The van der Waals surface area contributed by atoms with Gasteiger partial charge in [0, 0.05) is 12.5 Å². The highest BCUT2D eigenvalue weighted by Gasteiger charge is 2.10. The van der Waals surface area contributed by atoms with Crippen LogP contribution in [-0.2, 0) is 6.42 Å². The molecule has 0 N–H and O–H groups in total. The molecule has 0 unspecified atom stereocenters. The Morgan fingerprint density at radius 1 is 1.36 bits per heavy atom. The van der Waals surface area contributed by atoms with Gasteiger partial charge in [0.05, 0.1) is 0 Å².